The second kappa shape index (κ2) is 10.3. The van der Waals surface area contributed by atoms with Crippen molar-refractivity contribution in [3.63, 3.8) is 0 Å². The third-order valence-corrected chi connectivity index (χ3v) is 5.38. The van der Waals surface area contributed by atoms with E-state index in [1.807, 2.05) is 0 Å². The number of methoxy groups -OCH3 is 3. The van der Waals surface area contributed by atoms with Crippen molar-refractivity contribution in [2.24, 2.45) is 5.92 Å². The number of carbonyl (C=O) groups excluding carboxylic acids is 2. The zero-order chi connectivity index (χ0) is 22.4. The maximum Gasteiger partial charge on any atom is 0.340 e. The number of hydrogen-bond donors (Lipinski definition) is 1. The van der Waals surface area contributed by atoms with E-state index in [0.717, 1.165) is 24.9 Å². The molecule has 2 aromatic carbocycles. The molecule has 1 aliphatic heterocycles. The molecule has 31 heavy (non-hydrogen) atoms. The van der Waals surface area contributed by atoms with E-state index in [2.05, 4.69) is 10.2 Å². The lowest BCUT2D eigenvalue weighted by atomic mass is 9.96. The van der Waals surface area contributed by atoms with Crippen molar-refractivity contribution in [1.82, 2.24) is 4.90 Å². The van der Waals surface area contributed by atoms with Crippen molar-refractivity contribution >= 4 is 17.6 Å². The summed E-state index contributed by atoms with van der Waals surface area (Å²) in [6.45, 7) is 2.09. The SMILES string of the molecule is COC(=O)c1cc(OC)c(OC)cc1NC(=O)[C@@H]1CCCN(Cc2ccc(F)cc2)C1. The number of ether oxygens (including phenoxy) is 3. The average Bonchev–Trinajstić information content (AvgIpc) is 2.79. The Morgan fingerprint density at radius 2 is 1.77 bits per heavy atom. The van der Waals surface area contributed by atoms with Gasteiger partial charge in [0, 0.05) is 25.2 Å². The van der Waals surface area contributed by atoms with E-state index >= 15 is 0 Å². The molecule has 7 nitrogen and oxygen atoms in total. The number of nitrogens with one attached hydrogen (secondary N) is 1. The van der Waals surface area contributed by atoms with E-state index in [1.54, 1.807) is 18.2 Å². The van der Waals surface area contributed by atoms with Crippen LogP contribution >= 0.6 is 0 Å². The van der Waals surface area contributed by atoms with Gasteiger partial charge in [-0.1, -0.05) is 12.1 Å². The molecule has 1 saturated heterocycles. The Labute approximate surface area is 181 Å². The standard InChI is InChI=1S/C23H27FN2O5/c1-29-20-11-18(23(28)31-3)19(12-21(20)30-2)25-22(27)16-5-4-10-26(14-16)13-15-6-8-17(24)9-7-15/h6-9,11-12,16H,4-5,10,13-14H2,1-3H3,(H,25,27)/t16-/m1/s1. The molecule has 166 valence electrons. The van der Waals surface area contributed by atoms with Gasteiger partial charge in [-0.2, -0.15) is 0 Å². The number of amides is 1. The van der Waals surface area contributed by atoms with E-state index in [9.17, 15) is 14.0 Å². The molecular weight excluding hydrogens is 403 g/mol. The van der Waals surface area contributed by atoms with Crippen LogP contribution in [0.15, 0.2) is 36.4 Å². The fraction of sp³-hybridized carbons (Fsp3) is 0.391. The first-order valence-corrected chi connectivity index (χ1v) is 10.1. The lowest BCUT2D eigenvalue weighted by Crippen LogP contribution is -2.40. The molecule has 0 radical (unpaired) electrons. The first-order chi connectivity index (χ1) is 14.9. The van der Waals surface area contributed by atoms with Crippen LogP contribution in [-0.4, -0.2) is 51.2 Å². The maximum absolute atomic E-state index is 13.1. The molecule has 0 aliphatic carbocycles. The fourth-order valence-electron chi connectivity index (χ4n) is 3.76. The average molecular weight is 430 g/mol. The predicted octanol–water partition coefficient (Wildman–Crippen LogP) is 3.48. The van der Waals surface area contributed by atoms with Crippen molar-refractivity contribution in [3.8, 4) is 11.5 Å². The van der Waals surface area contributed by atoms with Gasteiger partial charge in [0.25, 0.3) is 0 Å². The lowest BCUT2D eigenvalue weighted by Gasteiger charge is -2.32. The molecule has 1 amide bonds. The quantitative estimate of drug-likeness (QED) is 0.678. The van der Waals surface area contributed by atoms with Gasteiger partial charge in [0.15, 0.2) is 11.5 Å². The first kappa shape index (κ1) is 22.6. The summed E-state index contributed by atoms with van der Waals surface area (Å²) >= 11 is 0. The molecule has 0 spiro atoms. The monoisotopic (exact) mass is 430 g/mol. The largest absolute Gasteiger partial charge is 0.493 e. The van der Waals surface area contributed by atoms with Crippen molar-refractivity contribution in [2.75, 3.05) is 39.7 Å². The molecule has 1 aliphatic rings. The molecule has 1 heterocycles. The van der Waals surface area contributed by atoms with Crippen LogP contribution in [0.1, 0.15) is 28.8 Å². The van der Waals surface area contributed by atoms with Crippen molar-refractivity contribution < 1.29 is 28.2 Å². The summed E-state index contributed by atoms with van der Waals surface area (Å²) in [5.41, 5.74) is 1.49. The van der Waals surface area contributed by atoms with Crippen LogP contribution in [0.3, 0.4) is 0 Å². The van der Waals surface area contributed by atoms with Gasteiger partial charge in [-0.25, -0.2) is 9.18 Å². The number of piperidine rings is 1. The summed E-state index contributed by atoms with van der Waals surface area (Å²) in [6.07, 6.45) is 1.61. The van der Waals surface area contributed by atoms with Gasteiger partial charge in [0.2, 0.25) is 5.91 Å². The Hall–Kier alpha value is -3.13. The fourth-order valence-corrected chi connectivity index (χ4v) is 3.76. The van der Waals surface area contributed by atoms with Crippen molar-refractivity contribution in [2.45, 2.75) is 19.4 Å². The smallest absolute Gasteiger partial charge is 0.340 e. The topological polar surface area (TPSA) is 77.1 Å². The van der Waals surface area contributed by atoms with Gasteiger partial charge in [0.1, 0.15) is 5.82 Å². The number of rotatable bonds is 7. The zero-order valence-corrected chi connectivity index (χ0v) is 17.9. The first-order valence-electron chi connectivity index (χ1n) is 10.1. The zero-order valence-electron chi connectivity index (χ0n) is 17.9. The summed E-state index contributed by atoms with van der Waals surface area (Å²) < 4.78 is 28.5. The van der Waals surface area contributed by atoms with Crippen LogP contribution in [0.5, 0.6) is 11.5 Å². The summed E-state index contributed by atoms with van der Waals surface area (Å²) in [4.78, 5) is 27.4. The molecule has 0 saturated carbocycles. The number of halogens is 1. The number of carbonyl (C=O) groups is 2. The summed E-state index contributed by atoms with van der Waals surface area (Å²) in [5.74, 6) is -0.515. The van der Waals surface area contributed by atoms with Gasteiger partial charge >= 0.3 is 5.97 Å². The van der Waals surface area contributed by atoms with E-state index in [4.69, 9.17) is 14.2 Å². The van der Waals surface area contributed by atoms with E-state index in [1.165, 1.54) is 39.5 Å². The van der Waals surface area contributed by atoms with Crippen LogP contribution in [0.4, 0.5) is 10.1 Å². The number of likely N-dealkylation sites (tertiary alicyclic amines) is 1. The molecule has 0 bridgehead atoms. The summed E-state index contributed by atoms with van der Waals surface area (Å²) in [5, 5.41) is 2.86. The van der Waals surface area contributed by atoms with E-state index in [-0.39, 0.29) is 23.2 Å². The van der Waals surface area contributed by atoms with Gasteiger partial charge in [-0.3, -0.25) is 9.69 Å². The van der Waals surface area contributed by atoms with Gasteiger partial charge in [-0.05, 0) is 37.1 Å². The van der Waals surface area contributed by atoms with Gasteiger partial charge in [-0.15, -0.1) is 0 Å². The third kappa shape index (κ3) is 5.52. The molecule has 0 unspecified atom stereocenters. The maximum atomic E-state index is 13.1. The Morgan fingerprint density at radius 3 is 2.42 bits per heavy atom. The predicted molar refractivity (Wildman–Crippen MR) is 114 cm³/mol. The number of benzene rings is 2. The number of nitrogens with zero attached hydrogens (tertiary/aromatic N) is 1. The second-order valence-corrected chi connectivity index (χ2v) is 7.43. The highest BCUT2D eigenvalue weighted by Crippen LogP contribution is 2.34. The van der Waals surface area contributed by atoms with Crippen LogP contribution in [-0.2, 0) is 16.1 Å². The summed E-state index contributed by atoms with van der Waals surface area (Å²) in [6, 6.07) is 9.43. The highest BCUT2D eigenvalue weighted by Gasteiger charge is 2.27. The molecule has 0 aromatic heterocycles. The molecular formula is C23H27FN2O5. The minimum absolute atomic E-state index is 0.179. The van der Waals surface area contributed by atoms with E-state index < -0.39 is 5.97 Å². The molecule has 1 N–H and O–H groups in total. The Kier molecular flexibility index (Phi) is 7.46. The minimum Gasteiger partial charge on any atom is -0.493 e. The third-order valence-electron chi connectivity index (χ3n) is 5.38. The number of esters is 1. The summed E-state index contributed by atoms with van der Waals surface area (Å²) in [7, 11) is 4.23. The Balaban J connectivity index is 1.74. The number of anilines is 1. The van der Waals surface area contributed by atoms with Crippen molar-refractivity contribution in [3.05, 3.63) is 53.3 Å². The van der Waals surface area contributed by atoms with Crippen LogP contribution < -0.4 is 14.8 Å². The molecule has 3 rings (SSSR count). The van der Waals surface area contributed by atoms with Gasteiger partial charge in [0.05, 0.1) is 38.5 Å². The highest BCUT2D eigenvalue weighted by molar-refractivity contribution is 6.02. The highest BCUT2D eigenvalue weighted by atomic mass is 19.1. The number of hydrogen-bond acceptors (Lipinski definition) is 6. The molecule has 2 aromatic rings. The molecule has 8 heteroatoms. The van der Waals surface area contributed by atoms with Crippen molar-refractivity contribution in [1.29, 1.82) is 0 Å². The van der Waals surface area contributed by atoms with Crippen LogP contribution in [0.2, 0.25) is 0 Å². The Bertz CT molecular complexity index is 932. The molecule has 1 atom stereocenters. The lowest BCUT2D eigenvalue weighted by molar-refractivity contribution is -0.121. The van der Waals surface area contributed by atoms with Crippen LogP contribution in [0, 0.1) is 11.7 Å². The second-order valence-electron chi connectivity index (χ2n) is 7.43. The van der Waals surface area contributed by atoms with Gasteiger partial charge < -0.3 is 19.5 Å². The van der Waals surface area contributed by atoms with Crippen LogP contribution in [0.25, 0.3) is 0 Å². The Morgan fingerprint density at radius 1 is 1.10 bits per heavy atom. The van der Waals surface area contributed by atoms with E-state index in [0.29, 0.717) is 30.3 Å². The normalized spacial score (nSPS) is 16.5. The molecule has 1 fully saturated rings. The minimum atomic E-state index is -0.585.